The first kappa shape index (κ1) is 11.9. The van der Waals surface area contributed by atoms with Crippen molar-refractivity contribution in [2.24, 2.45) is 0 Å². The van der Waals surface area contributed by atoms with E-state index in [2.05, 4.69) is 17.6 Å². The number of hydrogen-bond acceptors (Lipinski definition) is 3. The molecule has 4 nitrogen and oxygen atoms in total. The van der Waals surface area contributed by atoms with Crippen molar-refractivity contribution in [2.75, 3.05) is 19.7 Å². The number of carbonyl (C=O) groups excluding carboxylic acids is 1. The molecule has 1 amide bonds. The van der Waals surface area contributed by atoms with Crippen LogP contribution in [0.5, 0.6) is 0 Å². The lowest BCUT2D eigenvalue weighted by Crippen LogP contribution is -2.47. The van der Waals surface area contributed by atoms with Gasteiger partial charge in [0, 0.05) is 18.7 Å². The van der Waals surface area contributed by atoms with Gasteiger partial charge in [0.1, 0.15) is 0 Å². The van der Waals surface area contributed by atoms with Crippen LogP contribution in [0.3, 0.4) is 0 Å². The summed E-state index contributed by atoms with van der Waals surface area (Å²) in [5, 5.41) is 6.45. The highest BCUT2D eigenvalue weighted by molar-refractivity contribution is 5.76. The van der Waals surface area contributed by atoms with E-state index in [0.717, 1.165) is 39.0 Å². The Morgan fingerprint density at radius 1 is 1.56 bits per heavy atom. The zero-order valence-electron chi connectivity index (χ0n) is 10.1. The Morgan fingerprint density at radius 3 is 3.06 bits per heavy atom. The van der Waals surface area contributed by atoms with Gasteiger partial charge in [0.2, 0.25) is 5.91 Å². The molecule has 0 aromatic rings. The Kier molecular flexibility index (Phi) is 3.82. The molecule has 0 saturated carbocycles. The summed E-state index contributed by atoms with van der Waals surface area (Å²) in [5.41, 5.74) is 0.103. The van der Waals surface area contributed by atoms with Crippen LogP contribution in [0.4, 0.5) is 0 Å². The molecule has 16 heavy (non-hydrogen) atoms. The Balaban J connectivity index is 1.66. The molecule has 0 aromatic carbocycles. The summed E-state index contributed by atoms with van der Waals surface area (Å²) in [6, 6.07) is 0. The van der Waals surface area contributed by atoms with E-state index >= 15 is 0 Å². The normalized spacial score (nSPS) is 34.2. The average Bonchev–Trinajstić information content (AvgIpc) is 2.88. The molecule has 0 spiro atoms. The highest BCUT2D eigenvalue weighted by Crippen LogP contribution is 2.18. The molecule has 2 heterocycles. The van der Waals surface area contributed by atoms with Crippen molar-refractivity contribution in [3.8, 4) is 0 Å². The van der Waals surface area contributed by atoms with Gasteiger partial charge >= 0.3 is 0 Å². The van der Waals surface area contributed by atoms with Crippen LogP contribution >= 0.6 is 0 Å². The molecule has 4 heteroatoms. The zero-order chi connectivity index (χ0) is 11.4. The molecule has 0 bridgehead atoms. The summed E-state index contributed by atoms with van der Waals surface area (Å²) in [5.74, 6) is 0.127. The number of hydrogen-bond donors (Lipinski definition) is 2. The van der Waals surface area contributed by atoms with E-state index < -0.39 is 0 Å². The van der Waals surface area contributed by atoms with Gasteiger partial charge in [-0.15, -0.1) is 0 Å². The third-order valence-corrected chi connectivity index (χ3v) is 3.57. The first-order valence-corrected chi connectivity index (χ1v) is 6.31. The summed E-state index contributed by atoms with van der Waals surface area (Å²) in [6.07, 6.45) is 5.16. The quantitative estimate of drug-likeness (QED) is 0.746. The molecular formula is C12H22N2O2. The highest BCUT2D eigenvalue weighted by atomic mass is 16.5. The third-order valence-electron chi connectivity index (χ3n) is 3.57. The van der Waals surface area contributed by atoms with Gasteiger partial charge in [-0.3, -0.25) is 4.79 Å². The van der Waals surface area contributed by atoms with Crippen molar-refractivity contribution in [3.05, 3.63) is 0 Å². The van der Waals surface area contributed by atoms with Crippen LogP contribution in [0.2, 0.25) is 0 Å². The van der Waals surface area contributed by atoms with Gasteiger partial charge in [0.25, 0.3) is 0 Å². The predicted molar refractivity (Wildman–Crippen MR) is 62.2 cm³/mol. The van der Waals surface area contributed by atoms with E-state index in [4.69, 9.17) is 4.74 Å². The van der Waals surface area contributed by atoms with Gasteiger partial charge in [-0.2, -0.15) is 0 Å². The minimum Gasteiger partial charge on any atom is -0.378 e. The zero-order valence-corrected chi connectivity index (χ0v) is 10.1. The number of ether oxygens (including phenoxy) is 1. The van der Waals surface area contributed by atoms with Crippen molar-refractivity contribution in [1.82, 2.24) is 10.6 Å². The fraction of sp³-hybridized carbons (Fsp3) is 0.917. The molecule has 0 aliphatic carbocycles. The molecule has 0 radical (unpaired) electrons. The fourth-order valence-corrected chi connectivity index (χ4v) is 2.49. The SMILES string of the molecule is CC1(CNC(=O)CC2CCCO2)CCCN1. The highest BCUT2D eigenvalue weighted by Gasteiger charge is 2.28. The van der Waals surface area contributed by atoms with Crippen molar-refractivity contribution in [3.63, 3.8) is 0 Å². The maximum absolute atomic E-state index is 11.7. The Hall–Kier alpha value is -0.610. The van der Waals surface area contributed by atoms with Crippen LogP contribution in [0, 0.1) is 0 Å². The summed E-state index contributed by atoms with van der Waals surface area (Å²) in [6.45, 7) is 4.79. The maximum atomic E-state index is 11.7. The van der Waals surface area contributed by atoms with Crippen LogP contribution in [0.15, 0.2) is 0 Å². The molecule has 2 N–H and O–H groups in total. The van der Waals surface area contributed by atoms with Crippen LogP contribution in [-0.2, 0) is 9.53 Å². The van der Waals surface area contributed by atoms with Crippen molar-refractivity contribution in [2.45, 2.75) is 50.7 Å². The lowest BCUT2D eigenvalue weighted by molar-refractivity contribution is -0.123. The van der Waals surface area contributed by atoms with Gasteiger partial charge in [-0.05, 0) is 39.2 Å². The van der Waals surface area contributed by atoms with E-state index in [1.54, 1.807) is 0 Å². The van der Waals surface area contributed by atoms with Gasteiger partial charge in [0.15, 0.2) is 0 Å². The molecule has 92 valence electrons. The Labute approximate surface area is 97.1 Å². The molecule has 2 aliphatic rings. The minimum atomic E-state index is 0.103. The molecule has 2 rings (SSSR count). The smallest absolute Gasteiger partial charge is 0.222 e. The molecule has 0 aromatic heterocycles. The minimum absolute atomic E-state index is 0.103. The molecular weight excluding hydrogens is 204 g/mol. The molecule has 2 aliphatic heterocycles. The first-order valence-electron chi connectivity index (χ1n) is 6.31. The second-order valence-corrected chi connectivity index (χ2v) is 5.21. The summed E-state index contributed by atoms with van der Waals surface area (Å²) < 4.78 is 5.44. The lowest BCUT2D eigenvalue weighted by Gasteiger charge is -2.24. The molecule has 2 fully saturated rings. The molecule has 2 saturated heterocycles. The second-order valence-electron chi connectivity index (χ2n) is 5.21. The first-order chi connectivity index (χ1) is 7.68. The van der Waals surface area contributed by atoms with Crippen LogP contribution < -0.4 is 10.6 Å². The predicted octanol–water partition coefficient (Wildman–Crippen LogP) is 0.814. The monoisotopic (exact) mass is 226 g/mol. The lowest BCUT2D eigenvalue weighted by atomic mass is 10.0. The summed E-state index contributed by atoms with van der Waals surface area (Å²) in [4.78, 5) is 11.7. The summed E-state index contributed by atoms with van der Waals surface area (Å²) in [7, 11) is 0. The van der Waals surface area contributed by atoms with Gasteiger partial charge in [-0.1, -0.05) is 0 Å². The standard InChI is InChI=1S/C12H22N2O2/c1-12(5-3-6-14-12)9-13-11(15)8-10-4-2-7-16-10/h10,14H,2-9H2,1H3,(H,13,15). The van der Waals surface area contributed by atoms with E-state index in [1.807, 2.05) is 0 Å². The topological polar surface area (TPSA) is 50.4 Å². The van der Waals surface area contributed by atoms with E-state index in [1.165, 1.54) is 6.42 Å². The van der Waals surface area contributed by atoms with Crippen LogP contribution in [0.25, 0.3) is 0 Å². The fourth-order valence-electron chi connectivity index (χ4n) is 2.49. The average molecular weight is 226 g/mol. The van der Waals surface area contributed by atoms with Crippen molar-refractivity contribution < 1.29 is 9.53 Å². The summed E-state index contributed by atoms with van der Waals surface area (Å²) >= 11 is 0. The van der Waals surface area contributed by atoms with Crippen molar-refractivity contribution >= 4 is 5.91 Å². The molecule has 2 atom stereocenters. The van der Waals surface area contributed by atoms with Crippen LogP contribution in [0.1, 0.15) is 39.0 Å². The van der Waals surface area contributed by atoms with Crippen LogP contribution in [-0.4, -0.2) is 37.2 Å². The van der Waals surface area contributed by atoms with E-state index in [9.17, 15) is 4.79 Å². The Bertz CT molecular complexity index is 243. The maximum Gasteiger partial charge on any atom is 0.222 e. The number of nitrogens with one attached hydrogen (secondary N) is 2. The van der Waals surface area contributed by atoms with Crippen molar-refractivity contribution in [1.29, 1.82) is 0 Å². The second kappa shape index (κ2) is 5.15. The number of amides is 1. The number of rotatable bonds is 4. The van der Waals surface area contributed by atoms with Gasteiger partial charge in [0.05, 0.1) is 12.5 Å². The van der Waals surface area contributed by atoms with Gasteiger partial charge < -0.3 is 15.4 Å². The van der Waals surface area contributed by atoms with E-state index in [-0.39, 0.29) is 17.6 Å². The van der Waals surface area contributed by atoms with Gasteiger partial charge in [-0.25, -0.2) is 0 Å². The van der Waals surface area contributed by atoms with E-state index in [0.29, 0.717) is 6.42 Å². The third kappa shape index (κ3) is 3.19. The largest absolute Gasteiger partial charge is 0.378 e. The molecule has 2 unspecified atom stereocenters. The Morgan fingerprint density at radius 2 is 2.44 bits per heavy atom. The number of carbonyl (C=O) groups is 1.